The average molecular weight is 248 g/mol. The van der Waals surface area contributed by atoms with Crippen molar-refractivity contribution in [1.29, 1.82) is 0 Å². The Labute approximate surface area is 103 Å². The number of hydrogen-bond acceptors (Lipinski definition) is 4. The van der Waals surface area contributed by atoms with Crippen LogP contribution < -0.4 is 0 Å². The number of nitrogens with zero attached hydrogens (tertiary/aromatic N) is 2. The molecule has 1 N–H and O–H groups in total. The number of thiazole rings is 1. The van der Waals surface area contributed by atoms with Crippen molar-refractivity contribution in [2.45, 2.75) is 20.3 Å². The fourth-order valence-corrected chi connectivity index (χ4v) is 2.35. The molecular weight excluding hydrogens is 236 g/mol. The number of carboxylic acid groups (broad SMARTS) is 1. The third-order valence-electron chi connectivity index (χ3n) is 2.45. The van der Waals surface area contributed by atoms with Crippen molar-refractivity contribution in [2.24, 2.45) is 0 Å². The van der Waals surface area contributed by atoms with Gasteiger partial charge in [-0.1, -0.05) is 13.0 Å². The van der Waals surface area contributed by atoms with E-state index in [-0.39, 0.29) is 5.69 Å². The molecule has 0 atom stereocenters. The van der Waals surface area contributed by atoms with Gasteiger partial charge < -0.3 is 5.11 Å². The molecule has 2 heterocycles. The summed E-state index contributed by atoms with van der Waals surface area (Å²) in [6.07, 6.45) is 2.73. The summed E-state index contributed by atoms with van der Waals surface area (Å²) >= 11 is 1.35. The largest absolute Gasteiger partial charge is 0.476 e. The molecule has 2 aromatic rings. The van der Waals surface area contributed by atoms with Gasteiger partial charge in [0.2, 0.25) is 0 Å². The quantitative estimate of drug-likeness (QED) is 0.907. The average Bonchev–Trinajstić information content (AvgIpc) is 2.71. The van der Waals surface area contributed by atoms with E-state index in [1.807, 2.05) is 12.1 Å². The first kappa shape index (κ1) is 11.7. The van der Waals surface area contributed by atoms with E-state index >= 15 is 0 Å². The van der Waals surface area contributed by atoms with Crippen LogP contribution in [0.15, 0.2) is 18.3 Å². The molecule has 0 amide bonds. The Bertz CT molecular complexity index is 546. The van der Waals surface area contributed by atoms with Crippen LogP contribution in [0.25, 0.3) is 10.7 Å². The molecule has 0 aliphatic heterocycles. The van der Waals surface area contributed by atoms with E-state index in [1.165, 1.54) is 11.3 Å². The van der Waals surface area contributed by atoms with Gasteiger partial charge in [0.1, 0.15) is 5.01 Å². The molecule has 0 saturated carbocycles. The first-order chi connectivity index (χ1) is 8.11. The first-order valence-electron chi connectivity index (χ1n) is 5.28. The lowest BCUT2D eigenvalue weighted by Gasteiger charge is -1.97. The van der Waals surface area contributed by atoms with Gasteiger partial charge >= 0.3 is 5.97 Å². The van der Waals surface area contributed by atoms with Crippen LogP contribution in [0.1, 0.15) is 27.9 Å². The zero-order valence-electron chi connectivity index (χ0n) is 9.60. The van der Waals surface area contributed by atoms with Gasteiger partial charge in [0.05, 0.1) is 5.69 Å². The number of aromatic carboxylic acids is 1. The minimum Gasteiger partial charge on any atom is -0.476 e. The smallest absolute Gasteiger partial charge is 0.355 e. The van der Waals surface area contributed by atoms with Crippen LogP contribution in [0.2, 0.25) is 0 Å². The molecule has 0 fully saturated rings. The van der Waals surface area contributed by atoms with Crippen molar-refractivity contribution >= 4 is 17.3 Å². The van der Waals surface area contributed by atoms with Crippen molar-refractivity contribution < 1.29 is 9.90 Å². The highest BCUT2D eigenvalue weighted by molar-refractivity contribution is 7.15. The number of aromatic nitrogens is 2. The van der Waals surface area contributed by atoms with Gasteiger partial charge in [-0.05, 0) is 25.0 Å². The molecule has 2 aromatic heterocycles. The van der Waals surface area contributed by atoms with E-state index in [1.54, 1.807) is 13.1 Å². The first-order valence-corrected chi connectivity index (χ1v) is 6.09. The number of pyridine rings is 1. The molecule has 0 aromatic carbocycles. The maximum absolute atomic E-state index is 10.9. The summed E-state index contributed by atoms with van der Waals surface area (Å²) in [4.78, 5) is 20.0. The molecule has 0 saturated heterocycles. The summed E-state index contributed by atoms with van der Waals surface area (Å²) < 4.78 is 0. The highest BCUT2D eigenvalue weighted by Gasteiger charge is 2.15. The van der Waals surface area contributed by atoms with Crippen molar-refractivity contribution in [3.63, 3.8) is 0 Å². The fraction of sp³-hybridized carbons (Fsp3) is 0.250. The van der Waals surface area contributed by atoms with Crippen molar-refractivity contribution in [3.05, 3.63) is 34.5 Å². The van der Waals surface area contributed by atoms with E-state index in [0.717, 1.165) is 17.7 Å². The predicted molar refractivity (Wildman–Crippen MR) is 66.4 cm³/mol. The molecule has 88 valence electrons. The molecule has 0 aliphatic carbocycles. The molecular formula is C12H12N2O2S. The molecule has 0 aliphatic rings. The number of carboxylic acids is 1. The van der Waals surface area contributed by atoms with Crippen LogP contribution >= 0.6 is 11.3 Å². The minimum atomic E-state index is -0.991. The number of aryl methyl sites for hydroxylation is 2. The maximum atomic E-state index is 10.9. The Morgan fingerprint density at radius 2 is 2.24 bits per heavy atom. The Balaban J connectivity index is 2.39. The lowest BCUT2D eigenvalue weighted by atomic mass is 10.2. The van der Waals surface area contributed by atoms with Gasteiger partial charge in [-0.2, -0.15) is 0 Å². The number of hydrogen-bond donors (Lipinski definition) is 1. The van der Waals surface area contributed by atoms with Gasteiger partial charge in [0.25, 0.3) is 0 Å². The lowest BCUT2D eigenvalue weighted by Crippen LogP contribution is -1.98. The topological polar surface area (TPSA) is 63.1 Å². The highest BCUT2D eigenvalue weighted by Crippen LogP contribution is 2.26. The van der Waals surface area contributed by atoms with Crippen molar-refractivity contribution in [2.75, 3.05) is 0 Å². The van der Waals surface area contributed by atoms with Gasteiger partial charge in [-0.25, -0.2) is 9.78 Å². The second-order valence-corrected chi connectivity index (χ2v) is 4.84. The van der Waals surface area contributed by atoms with Crippen LogP contribution in [-0.2, 0) is 6.42 Å². The number of rotatable bonds is 3. The van der Waals surface area contributed by atoms with E-state index in [2.05, 4.69) is 16.9 Å². The van der Waals surface area contributed by atoms with Crippen LogP contribution in [-0.4, -0.2) is 21.0 Å². The van der Waals surface area contributed by atoms with E-state index < -0.39 is 5.97 Å². The summed E-state index contributed by atoms with van der Waals surface area (Å²) in [6.45, 7) is 3.82. The normalized spacial score (nSPS) is 10.5. The standard InChI is InChI=1S/C12H12N2O2S/c1-3-8-4-5-9(13-6-8)11-14-10(12(15)16)7(2)17-11/h4-6H,3H2,1-2H3,(H,15,16). The molecule has 2 rings (SSSR count). The van der Waals surface area contributed by atoms with E-state index in [9.17, 15) is 4.79 Å². The Morgan fingerprint density at radius 1 is 1.47 bits per heavy atom. The molecule has 0 unspecified atom stereocenters. The van der Waals surface area contributed by atoms with Gasteiger partial charge in [0.15, 0.2) is 5.69 Å². The van der Waals surface area contributed by atoms with Crippen LogP contribution in [0.4, 0.5) is 0 Å². The lowest BCUT2D eigenvalue weighted by molar-refractivity contribution is 0.0690. The SMILES string of the molecule is CCc1ccc(-c2nc(C(=O)O)c(C)s2)nc1. The van der Waals surface area contributed by atoms with Crippen molar-refractivity contribution in [1.82, 2.24) is 9.97 Å². The maximum Gasteiger partial charge on any atom is 0.355 e. The molecule has 0 spiro atoms. The Hall–Kier alpha value is -1.75. The minimum absolute atomic E-state index is 0.117. The predicted octanol–water partition coefficient (Wildman–Crippen LogP) is 2.77. The second-order valence-electron chi connectivity index (χ2n) is 3.63. The van der Waals surface area contributed by atoms with Gasteiger partial charge in [0, 0.05) is 11.1 Å². The third-order valence-corrected chi connectivity index (χ3v) is 3.44. The highest BCUT2D eigenvalue weighted by atomic mass is 32.1. The Morgan fingerprint density at radius 3 is 2.71 bits per heavy atom. The summed E-state index contributed by atoms with van der Waals surface area (Å²) in [7, 11) is 0. The van der Waals surface area contributed by atoms with Gasteiger partial charge in [-0.15, -0.1) is 11.3 Å². The summed E-state index contributed by atoms with van der Waals surface area (Å²) in [5, 5.41) is 9.59. The zero-order chi connectivity index (χ0) is 12.4. The van der Waals surface area contributed by atoms with Gasteiger partial charge in [-0.3, -0.25) is 4.98 Å². The summed E-state index contributed by atoms with van der Waals surface area (Å²) in [5.74, 6) is -0.991. The molecule has 0 bridgehead atoms. The third kappa shape index (κ3) is 2.34. The summed E-state index contributed by atoms with van der Waals surface area (Å²) in [5.41, 5.74) is 2.00. The Kier molecular flexibility index (Phi) is 3.19. The second kappa shape index (κ2) is 4.63. The van der Waals surface area contributed by atoms with E-state index in [4.69, 9.17) is 5.11 Å². The summed E-state index contributed by atoms with van der Waals surface area (Å²) in [6, 6.07) is 3.86. The van der Waals surface area contributed by atoms with Crippen LogP contribution in [0.3, 0.4) is 0 Å². The van der Waals surface area contributed by atoms with Crippen LogP contribution in [0.5, 0.6) is 0 Å². The van der Waals surface area contributed by atoms with Crippen LogP contribution in [0, 0.1) is 6.92 Å². The zero-order valence-corrected chi connectivity index (χ0v) is 10.4. The molecule has 4 nitrogen and oxygen atoms in total. The molecule has 5 heteroatoms. The molecule has 0 radical (unpaired) electrons. The van der Waals surface area contributed by atoms with E-state index in [0.29, 0.717) is 9.88 Å². The van der Waals surface area contributed by atoms with Crippen molar-refractivity contribution in [3.8, 4) is 10.7 Å². The fourth-order valence-electron chi connectivity index (χ4n) is 1.46. The monoisotopic (exact) mass is 248 g/mol. The molecule has 17 heavy (non-hydrogen) atoms. The number of carbonyl (C=O) groups is 1.